The van der Waals surface area contributed by atoms with E-state index >= 15 is 0 Å². The number of nitrogens with zero attached hydrogens (tertiary/aromatic N) is 1. The lowest BCUT2D eigenvalue weighted by Gasteiger charge is -2.11. The lowest BCUT2D eigenvalue weighted by molar-refractivity contribution is 0.588. The molecule has 0 unspecified atom stereocenters. The summed E-state index contributed by atoms with van der Waals surface area (Å²) in [4.78, 5) is 4.29. The van der Waals surface area contributed by atoms with E-state index in [9.17, 15) is 8.42 Å². The summed E-state index contributed by atoms with van der Waals surface area (Å²) in [7, 11) is -0.359. The highest BCUT2D eigenvalue weighted by atomic mass is 127. The van der Waals surface area contributed by atoms with Crippen molar-refractivity contribution < 1.29 is 8.42 Å². The average molecular weight is 424 g/mol. The number of rotatable bonds is 6. The SMILES string of the molecule is C=CCNC(=NC)NCc1cccc(S(=O)(=O)NC)c1.I. The summed E-state index contributed by atoms with van der Waals surface area (Å²) in [5.41, 5.74) is 0.850. The molecule has 0 amide bonds. The largest absolute Gasteiger partial charge is 0.353 e. The number of benzene rings is 1. The summed E-state index contributed by atoms with van der Waals surface area (Å²) in [5.74, 6) is 0.631. The van der Waals surface area contributed by atoms with Crippen molar-refractivity contribution in [3.63, 3.8) is 0 Å². The molecule has 1 aromatic rings. The van der Waals surface area contributed by atoms with Crippen LogP contribution in [0.15, 0.2) is 46.8 Å². The van der Waals surface area contributed by atoms with Gasteiger partial charge in [0.1, 0.15) is 0 Å². The second-order valence-corrected chi connectivity index (χ2v) is 5.84. The first-order valence-electron chi connectivity index (χ1n) is 6.11. The first-order valence-corrected chi connectivity index (χ1v) is 7.59. The molecule has 3 N–H and O–H groups in total. The van der Waals surface area contributed by atoms with Crippen LogP contribution in [0.25, 0.3) is 0 Å². The van der Waals surface area contributed by atoms with Crippen molar-refractivity contribution in [2.45, 2.75) is 11.4 Å². The van der Waals surface area contributed by atoms with Crippen molar-refractivity contribution in [3.8, 4) is 0 Å². The second-order valence-electron chi connectivity index (χ2n) is 3.95. The first-order chi connectivity index (χ1) is 9.53. The molecule has 0 aliphatic rings. The molecule has 0 fully saturated rings. The van der Waals surface area contributed by atoms with E-state index in [4.69, 9.17) is 0 Å². The minimum absolute atomic E-state index is 0. The minimum Gasteiger partial charge on any atom is -0.353 e. The molecule has 0 atom stereocenters. The van der Waals surface area contributed by atoms with Gasteiger partial charge in [0.15, 0.2) is 5.96 Å². The van der Waals surface area contributed by atoms with Gasteiger partial charge in [-0.1, -0.05) is 18.2 Å². The molecule has 0 saturated heterocycles. The lowest BCUT2D eigenvalue weighted by Crippen LogP contribution is -2.36. The third-order valence-electron chi connectivity index (χ3n) is 2.57. The van der Waals surface area contributed by atoms with Crippen molar-refractivity contribution in [3.05, 3.63) is 42.5 Å². The molecule has 0 aromatic heterocycles. The van der Waals surface area contributed by atoms with Gasteiger partial charge < -0.3 is 10.6 Å². The van der Waals surface area contributed by atoms with Gasteiger partial charge in [0.25, 0.3) is 0 Å². The van der Waals surface area contributed by atoms with Gasteiger partial charge in [-0.05, 0) is 24.7 Å². The van der Waals surface area contributed by atoms with Gasteiger partial charge in [0.05, 0.1) is 4.90 Å². The Morgan fingerprint density at radius 2 is 2.10 bits per heavy atom. The summed E-state index contributed by atoms with van der Waals surface area (Å²) >= 11 is 0. The number of halogens is 1. The van der Waals surface area contributed by atoms with E-state index in [1.807, 2.05) is 6.07 Å². The zero-order chi connectivity index (χ0) is 15.0. The van der Waals surface area contributed by atoms with E-state index in [2.05, 4.69) is 26.9 Å². The summed E-state index contributed by atoms with van der Waals surface area (Å²) in [6, 6.07) is 6.74. The fraction of sp³-hybridized carbons (Fsp3) is 0.308. The van der Waals surface area contributed by atoms with Crippen LogP contribution in [0.2, 0.25) is 0 Å². The normalized spacial score (nSPS) is 11.4. The molecule has 21 heavy (non-hydrogen) atoms. The Bertz CT molecular complexity index is 588. The van der Waals surface area contributed by atoms with Crippen molar-refractivity contribution in [2.75, 3.05) is 20.6 Å². The lowest BCUT2D eigenvalue weighted by atomic mass is 10.2. The summed E-state index contributed by atoms with van der Waals surface area (Å²) < 4.78 is 25.7. The number of hydrogen-bond donors (Lipinski definition) is 3. The van der Waals surface area contributed by atoms with Gasteiger partial charge in [-0.2, -0.15) is 0 Å². The maximum atomic E-state index is 11.7. The van der Waals surface area contributed by atoms with Crippen LogP contribution in [-0.2, 0) is 16.6 Å². The molecule has 1 aromatic carbocycles. The van der Waals surface area contributed by atoms with Crippen LogP contribution < -0.4 is 15.4 Å². The van der Waals surface area contributed by atoms with Crippen LogP contribution in [0.5, 0.6) is 0 Å². The Morgan fingerprint density at radius 3 is 2.67 bits per heavy atom. The molecule has 0 heterocycles. The Hall–Kier alpha value is -1.13. The predicted molar refractivity (Wildman–Crippen MR) is 96.5 cm³/mol. The Balaban J connectivity index is 0.00000400. The fourth-order valence-electron chi connectivity index (χ4n) is 1.52. The number of guanidine groups is 1. The zero-order valence-corrected chi connectivity index (χ0v) is 15.2. The number of hydrogen-bond acceptors (Lipinski definition) is 3. The molecule has 0 aliphatic heterocycles. The maximum Gasteiger partial charge on any atom is 0.240 e. The quantitative estimate of drug-likeness (QED) is 0.276. The smallest absolute Gasteiger partial charge is 0.240 e. The molecule has 0 radical (unpaired) electrons. The van der Waals surface area contributed by atoms with Crippen molar-refractivity contribution in [2.24, 2.45) is 4.99 Å². The molecule has 0 spiro atoms. The van der Waals surface area contributed by atoms with Gasteiger partial charge in [-0.3, -0.25) is 4.99 Å². The average Bonchev–Trinajstić information content (AvgIpc) is 2.48. The van der Waals surface area contributed by atoms with Gasteiger partial charge >= 0.3 is 0 Å². The Morgan fingerprint density at radius 1 is 1.38 bits per heavy atom. The van der Waals surface area contributed by atoms with Gasteiger partial charge in [0.2, 0.25) is 10.0 Å². The molecular formula is C13H21IN4O2S. The molecule has 118 valence electrons. The van der Waals surface area contributed by atoms with Crippen LogP contribution in [0.3, 0.4) is 0 Å². The van der Waals surface area contributed by atoms with Crippen LogP contribution >= 0.6 is 24.0 Å². The fourth-order valence-corrected chi connectivity index (χ4v) is 2.32. The van der Waals surface area contributed by atoms with Crippen LogP contribution in [-0.4, -0.2) is 35.0 Å². The second kappa shape index (κ2) is 9.74. The maximum absolute atomic E-state index is 11.7. The third kappa shape index (κ3) is 6.44. The molecule has 8 heteroatoms. The van der Waals surface area contributed by atoms with E-state index in [0.717, 1.165) is 5.56 Å². The van der Waals surface area contributed by atoms with E-state index < -0.39 is 10.0 Å². The topological polar surface area (TPSA) is 82.6 Å². The van der Waals surface area contributed by atoms with E-state index in [1.165, 1.54) is 7.05 Å². The van der Waals surface area contributed by atoms with Crippen LogP contribution in [0.1, 0.15) is 5.56 Å². The minimum atomic E-state index is -3.42. The highest BCUT2D eigenvalue weighted by Gasteiger charge is 2.11. The van der Waals surface area contributed by atoms with Crippen LogP contribution in [0, 0.1) is 0 Å². The number of sulfonamides is 1. The van der Waals surface area contributed by atoms with E-state index in [-0.39, 0.29) is 28.9 Å². The number of nitrogens with one attached hydrogen (secondary N) is 3. The molecule has 0 saturated carbocycles. The predicted octanol–water partition coefficient (Wildman–Crippen LogP) is 1.06. The van der Waals surface area contributed by atoms with Crippen molar-refractivity contribution >= 4 is 40.0 Å². The van der Waals surface area contributed by atoms with Gasteiger partial charge in [-0.25, -0.2) is 13.1 Å². The number of aliphatic imine (C=N–C) groups is 1. The molecule has 1 rings (SSSR count). The Labute approximate surface area is 143 Å². The van der Waals surface area contributed by atoms with Crippen LogP contribution in [0.4, 0.5) is 0 Å². The molecular weight excluding hydrogens is 403 g/mol. The monoisotopic (exact) mass is 424 g/mol. The summed E-state index contributed by atoms with van der Waals surface area (Å²) in [6.45, 7) is 4.70. The molecule has 0 bridgehead atoms. The standard InChI is InChI=1S/C13H20N4O2S.HI/c1-4-8-16-13(14-2)17-10-11-6-5-7-12(9-11)20(18,19)15-3;/h4-7,9,15H,1,8,10H2,2-3H3,(H2,14,16,17);1H. The highest BCUT2D eigenvalue weighted by Crippen LogP contribution is 2.10. The molecule has 6 nitrogen and oxygen atoms in total. The highest BCUT2D eigenvalue weighted by molar-refractivity contribution is 14.0. The summed E-state index contributed by atoms with van der Waals surface area (Å²) in [6.07, 6.45) is 1.73. The van der Waals surface area contributed by atoms with Gasteiger partial charge in [0, 0.05) is 20.1 Å². The molecule has 0 aliphatic carbocycles. The van der Waals surface area contributed by atoms with Gasteiger partial charge in [-0.15, -0.1) is 30.6 Å². The first kappa shape index (κ1) is 19.9. The van der Waals surface area contributed by atoms with Crippen molar-refractivity contribution in [1.29, 1.82) is 0 Å². The summed E-state index contributed by atoms with van der Waals surface area (Å²) in [5, 5.41) is 6.13. The zero-order valence-electron chi connectivity index (χ0n) is 12.1. The van der Waals surface area contributed by atoms with Crippen molar-refractivity contribution in [1.82, 2.24) is 15.4 Å². The van der Waals surface area contributed by atoms with E-state index in [0.29, 0.717) is 19.0 Å². The van der Waals surface area contributed by atoms with E-state index in [1.54, 1.807) is 31.3 Å². The third-order valence-corrected chi connectivity index (χ3v) is 3.99. The Kier molecular flexibility index (Phi) is 9.22.